The van der Waals surface area contributed by atoms with Crippen LogP contribution in [0.2, 0.25) is 0 Å². The zero-order valence-electron chi connectivity index (χ0n) is 11.9. The van der Waals surface area contributed by atoms with Crippen LogP contribution in [0.3, 0.4) is 0 Å². The standard InChI is InChI=1S/C15H20N2O3/c1-16(10-11-6-5-7-11)15(20)17(2)13-9-4-3-8-12(13)14(18)19/h3-4,8-9,11H,5-7,10H2,1-2H3,(H,18,19). The van der Waals surface area contributed by atoms with Crippen LogP contribution >= 0.6 is 0 Å². The lowest BCUT2D eigenvalue weighted by atomic mass is 9.85. The maximum atomic E-state index is 12.4. The van der Waals surface area contributed by atoms with E-state index in [1.165, 1.54) is 30.2 Å². The number of urea groups is 1. The van der Waals surface area contributed by atoms with Gasteiger partial charge in [0.25, 0.3) is 0 Å². The molecule has 0 aromatic heterocycles. The van der Waals surface area contributed by atoms with E-state index in [4.69, 9.17) is 0 Å². The van der Waals surface area contributed by atoms with Crippen molar-refractivity contribution in [1.82, 2.24) is 4.90 Å². The van der Waals surface area contributed by atoms with Gasteiger partial charge in [-0.2, -0.15) is 0 Å². The van der Waals surface area contributed by atoms with Crippen LogP contribution < -0.4 is 4.90 Å². The third-order valence-electron chi connectivity index (χ3n) is 3.87. The smallest absolute Gasteiger partial charge is 0.337 e. The fourth-order valence-corrected chi connectivity index (χ4v) is 2.45. The zero-order valence-corrected chi connectivity index (χ0v) is 11.9. The Bertz CT molecular complexity index is 512. The molecule has 0 bridgehead atoms. The lowest BCUT2D eigenvalue weighted by Gasteiger charge is -2.32. The van der Waals surface area contributed by atoms with Crippen LogP contribution in [0.4, 0.5) is 10.5 Å². The van der Waals surface area contributed by atoms with Crippen molar-refractivity contribution in [3.63, 3.8) is 0 Å². The van der Waals surface area contributed by atoms with Gasteiger partial charge in [0.1, 0.15) is 0 Å². The van der Waals surface area contributed by atoms with Crippen molar-refractivity contribution in [2.75, 3.05) is 25.5 Å². The van der Waals surface area contributed by atoms with E-state index in [0.717, 1.165) is 6.54 Å². The number of carboxylic acid groups (broad SMARTS) is 1. The number of amides is 2. The van der Waals surface area contributed by atoms with Gasteiger partial charge in [-0.1, -0.05) is 18.6 Å². The van der Waals surface area contributed by atoms with Gasteiger partial charge in [0.15, 0.2) is 0 Å². The van der Waals surface area contributed by atoms with Gasteiger partial charge in [0, 0.05) is 20.6 Å². The number of rotatable bonds is 4. The second-order valence-electron chi connectivity index (χ2n) is 5.34. The summed E-state index contributed by atoms with van der Waals surface area (Å²) in [6.45, 7) is 0.735. The minimum absolute atomic E-state index is 0.139. The van der Waals surface area contributed by atoms with Crippen LogP contribution in [-0.2, 0) is 0 Å². The van der Waals surface area contributed by atoms with E-state index in [0.29, 0.717) is 11.6 Å². The van der Waals surface area contributed by atoms with E-state index in [2.05, 4.69) is 0 Å². The Labute approximate surface area is 118 Å². The zero-order chi connectivity index (χ0) is 14.7. The predicted octanol–water partition coefficient (Wildman–Crippen LogP) is 2.67. The van der Waals surface area contributed by atoms with Gasteiger partial charge in [-0.05, 0) is 30.9 Å². The number of benzene rings is 1. The molecule has 1 aliphatic carbocycles. The minimum atomic E-state index is -1.03. The first kappa shape index (κ1) is 14.4. The molecule has 0 radical (unpaired) electrons. The monoisotopic (exact) mass is 276 g/mol. The Morgan fingerprint density at radius 2 is 1.90 bits per heavy atom. The Morgan fingerprint density at radius 1 is 1.25 bits per heavy atom. The highest BCUT2D eigenvalue weighted by Gasteiger charge is 2.25. The van der Waals surface area contributed by atoms with Crippen LogP contribution in [0.1, 0.15) is 29.6 Å². The van der Waals surface area contributed by atoms with Gasteiger partial charge in [-0.15, -0.1) is 0 Å². The molecular formula is C15H20N2O3. The van der Waals surface area contributed by atoms with Gasteiger partial charge in [-0.25, -0.2) is 9.59 Å². The Kier molecular flexibility index (Phi) is 4.27. The summed E-state index contributed by atoms with van der Waals surface area (Å²) in [5.74, 6) is -0.436. The highest BCUT2D eigenvalue weighted by atomic mass is 16.4. The van der Waals surface area contributed by atoms with Crippen LogP contribution in [-0.4, -0.2) is 42.6 Å². The topological polar surface area (TPSA) is 60.9 Å². The summed E-state index contributed by atoms with van der Waals surface area (Å²) in [5.41, 5.74) is 0.561. The lowest BCUT2D eigenvalue weighted by molar-refractivity contribution is 0.0697. The van der Waals surface area contributed by atoms with Crippen molar-refractivity contribution in [3.05, 3.63) is 29.8 Å². The largest absolute Gasteiger partial charge is 0.478 e. The Hall–Kier alpha value is -2.04. The molecule has 1 N–H and O–H groups in total. The average Bonchev–Trinajstić information content (AvgIpc) is 2.40. The SMILES string of the molecule is CN(CC1CCC1)C(=O)N(C)c1ccccc1C(=O)O. The third kappa shape index (κ3) is 2.92. The molecule has 0 atom stereocenters. The van der Waals surface area contributed by atoms with Gasteiger partial charge in [-0.3, -0.25) is 4.90 Å². The molecule has 1 saturated carbocycles. The second-order valence-corrected chi connectivity index (χ2v) is 5.34. The summed E-state index contributed by atoms with van der Waals surface area (Å²) in [6.07, 6.45) is 3.59. The summed E-state index contributed by atoms with van der Waals surface area (Å²) in [6, 6.07) is 6.37. The Balaban J connectivity index is 2.11. The first-order valence-corrected chi connectivity index (χ1v) is 6.82. The number of hydrogen-bond acceptors (Lipinski definition) is 2. The van der Waals surface area contributed by atoms with Crippen LogP contribution in [0.5, 0.6) is 0 Å². The van der Waals surface area contributed by atoms with E-state index >= 15 is 0 Å². The fourth-order valence-electron chi connectivity index (χ4n) is 2.45. The molecule has 0 aliphatic heterocycles. The maximum absolute atomic E-state index is 12.4. The predicted molar refractivity (Wildman–Crippen MR) is 77.2 cm³/mol. The van der Waals surface area contributed by atoms with Crippen LogP contribution in [0.25, 0.3) is 0 Å². The minimum Gasteiger partial charge on any atom is -0.478 e. The molecule has 20 heavy (non-hydrogen) atoms. The number of anilines is 1. The van der Waals surface area contributed by atoms with Crippen molar-refractivity contribution in [2.45, 2.75) is 19.3 Å². The molecule has 108 valence electrons. The molecule has 1 aliphatic rings. The maximum Gasteiger partial charge on any atom is 0.337 e. The molecule has 1 aromatic rings. The van der Waals surface area contributed by atoms with Crippen molar-refractivity contribution in [2.24, 2.45) is 5.92 Å². The number of para-hydroxylation sites is 1. The van der Waals surface area contributed by atoms with Gasteiger partial charge < -0.3 is 10.0 Å². The van der Waals surface area contributed by atoms with Crippen LogP contribution in [0, 0.1) is 5.92 Å². The number of nitrogens with zero attached hydrogens (tertiary/aromatic N) is 2. The summed E-state index contributed by atoms with van der Waals surface area (Å²) in [7, 11) is 3.38. The van der Waals surface area contributed by atoms with E-state index in [9.17, 15) is 14.7 Å². The normalized spacial score (nSPS) is 14.5. The van der Waals surface area contributed by atoms with E-state index in [-0.39, 0.29) is 11.6 Å². The van der Waals surface area contributed by atoms with E-state index < -0.39 is 5.97 Å². The van der Waals surface area contributed by atoms with Crippen molar-refractivity contribution in [1.29, 1.82) is 0 Å². The fraction of sp³-hybridized carbons (Fsp3) is 0.467. The summed E-state index contributed by atoms with van der Waals surface area (Å²) in [4.78, 5) is 26.6. The molecule has 0 unspecified atom stereocenters. The quantitative estimate of drug-likeness (QED) is 0.919. The third-order valence-corrected chi connectivity index (χ3v) is 3.87. The molecule has 2 rings (SSSR count). The van der Waals surface area contributed by atoms with Crippen molar-refractivity contribution >= 4 is 17.7 Å². The average molecular weight is 276 g/mol. The molecule has 2 amide bonds. The van der Waals surface area contributed by atoms with Gasteiger partial charge in [0.2, 0.25) is 0 Å². The summed E-state index contributed by atoms with van der Waals surface area (Å²) in [5, 5.41) is 9.18. The van der Waals surface area contributed by atoms with Crippen molar-refractivity contribution < 1.29 is 14.7 Å². The molecule has 1 fully saturated rings. The summed E-state index contributed by atoms with van der Waals surface area (Å²) < 4.78 is 0. The highest BCUT2D eigenvalue weighted by Crippen LogP contribution is 2.27. The molecular weight excluding hydrogens is 256 g/mol. The molecule has 5 heteroatoms. The van der Waals surface area contributed by atoms with Crippen molar-refractivity contribution in [3.8, 4) is 0 Å². The lowest BCUT2D eigenvalue weighted by Crippen LogP contribution is -2.42. The van der Waals surface area contributed by atoms with E-state index in [1.54, 1.807) is 37.2 Å². The number of carbonyl (C=O) groups is 2. The number of hydrogen-bond donors (Lipinski definition) is 1. The van der Waals surface area contributed by atoms with E-state index in [1.807, 2.05) is 0 Å². The molecule has 1 aromatic carbocycles. The number of carbonyl (C=O) groups excluding carboxylic acids is 1. The second kappa shape index (κ2) is 5.94. The molecule has 0 spiro atoms. The highest BCUT2D eigenvalue weighted by molar-refractivity contribution is 6.01. The molecule has 0 saturated heterocycles. The number of aromatic carboxylic acids is 1. The first-order valence-electron chi connectivity index (χ1n) is 6.82. The number of carboxylic acids is 1. The molecule has 5 nitrogen and oxygen atoms in total. The van der Waals surface area contributed by atoms with Gasteiger partial charge in [0.05, 0.1) is 11.3 Å². The Morgan fingerprint density at radius 3 is 2.45 bits per heavy atom. The van der Waals surface area contributed by atoms with Crippen LogP contribution in [0.15, 0.2) is 24.3 Å². The summed E-state index contributed by atoms with van der Waals surface area (Å²) >= 11 is 0. The molecule has 0 heterocycles. The van der Waals surface area contributed by atoms with Gasteiger partial charge >= 0.3 is 12.0 Å². The first-order chi connectivity index (χ1) is 9.50.